The number of nitrogens with zero attached hydrogens (tertiary/aromatic N) is 1. The summed E-state index contributed by atoms with van der Waals surface area (Å²) in [6.07, 6.45) is 11.3. The van der Waals surface area contributed by atoms with Crippen molar-refractivity contribution >= 4 is 6.29 Å². The SMILES string of the molecule is CCCCCCCn1ccc(C=O)c1. The standard InChI is InChI=1S/C12H19NO/c1-2-3-4-5-6-8-13-9-7-12(10-13)11-14/h7,9-11H,2-6,8H2,1H3. The molecule has 2 heteroatoms. The molecule has 0 amide bonds. The van der Waals surface area contributed by atoms with Crippen LogP contribution in [-0.4, -0.2) is 10.9 Å². The highest BCUT2D eigenvalue weighted by Crippen LogP contribution is 2.05. The molecule has 0 saturated heterocycles. The van der Waals surface area contributed by atoms with E-state index in [2.05, 4.69) is 11.5 Å². The Labute approximate surface area is 85.9 Å². The van der Waals surface area contributed by atoms with E-state index >= 15 is 0 Å². The summed E-state index contributed by atoms with van der Waals surface area (Å²) in [5, 5.41) is 0. The van der Waals surface area contributed by atoms with Gasteiger partial charge in [0.1, 0.15) is 0 Å². The largest absolute Gasteiger partial charge is 0.354 e. The van der Waals surface area contributed by atoms with Crippen LogP contribution in [-0.2, 0) is 6.54 Å². The molecule has 0 aliphatic carbocycles. The highest BCUT2D eigenvalue weighted by atomic mass is 16.1. The summed E-state index contributed by atoms with van der Waals surface area (Å²) in [4.78, 5) is 10.4. The van der Waals surface area contributed by atoms with E-state index < -0.39 is 0 Å². The normalized spacial score (nSPS) is 10.4. The van der Waals surface area contributed by atoms with E-state index in [1.54, 1.807) is 0 Å². The van der Waals surface area contributed by atoms with Crippen LogP contribution in [0.2, 0.25) is 0 Å². The summed E-state index contributed by atoms with van der Waals surface area (Å²) in [6.45, 7) is 3.26. The first-order valence-corrected chi connectivity index (χ1v) is 5.47. The second-order valence-corrected chi connectivity index (χ2v) is 3.71. The summed E-state index contributed by atoms with van der Waals surface area (Å²) in [6, 6.07) is 1.86. The zero-order chi connectivity index (χ0) is 10.2. The molecule has 0 saturated carbocycles. The molecule has 0 atom stereocenters. The predicted octanol–water partition coefficient (Wildman–Crippen LogP) is 3.27. The monoisotopic (exact) mass is 193 g/mol. The lowest BCUT2D eigenvalue weighted by molar-refractivity contribution is 0.112. The smallest absolute Gasteiger partial charge is 0.151 e. The van der Waals surface area contributed by atoms with Crippen molar-refractivity contribution in [3.05, 3.63) is 24.0 Å². The Kier molecular flexibility index (Phi) is 5.05. The van der Waals surface area contributed by atoms with Gasteiger partial charge in [-0.2, -0.15) is 0 Å². The van der Waals surface area contributed by atoms with Gasteiger partial charge in [-0.1, -0.05) is 32.6 Å². The van der Waals surface area contributed by atoms with Crippen molar-refractivity contribution in [2.75, 3.05) is 0 Å². The minimum absolute atomic E-state index is 0.776. The zero-order valence-electron chi connectivity index (χ0n) is 8.91. The Morgan fingerprint density at radius 2 is 2.07 bits per heavy atom. The lowest BCUT2D eigenvalue weighted by atomic mass is 10.1. The van der Waals surface area contributed by atoms with Gasteiger partial charge in [-0.05, 0) is 12.5 Å². The van der Waals surface area contributed by atoms with Crippen LogP contribution >= 0.6 is 0 Å². The van der Waals surface area contributed by atoms with Gasteiger partial charge in [-0.3, -0.25) is 4.79 Å². The molecule has 14 heavy (non-hydrogen) atoms. The molecule has 0 bridgehead atoms. The van der Waals surface area contributed by atoms with Crippen LogP contribution in [0, 0.1) is 0 Å². The van der Waals surface area contributed by atoms with Gasteiger partial charge in [0.25, 0.3) is 0 Å². The fourth-order valence-electron chi connectivity index (χ4n) is 1.57. The number of carbonyl (C=O) groups is 1. The van der Waals surface area contributed by atoms with E-state index in [0.717, 1.165) is 18.4 Å². The first kappa shape index (κ1) is 11.0. The molecule has 1 rings (SSSR count). The van der Waals surface area contributed by atoms with Crippen LogP contribution in [0.25, 0.3) is 0 Å². The fourth-order valence-corrected chi connectivity index (χ4v) is 1.57. The Balaban J connectivity index is 2.14. The molecule has 0 unspecified atom stereocenters. The number of hydrogen-bond acceptors (Lipinski definition) is 1. The summed E-state index contributed by atoms with van der Waals surface area (Å²) < 4.78 is 2.09. The highest BCUT2D eigenvalue weighted by Gasteiger charge is 1.94. The Hall–Kier alpha value is -1.05. The quantitative estimate of drug-likeness (QED) is 0.481. The second kappa shape index (κ2) is 6.41. The van der Waals surface area contributed by atoms with E-state index in [1.807, 2.05) is 18.5 Å². The average Bonchev–Trinajstić information content (AvgIpc) is 2.65. The maximum Gasteiger partial charge on any atom is 0.151 e. The molecule has 1 aromatic rings. The molecule has 2 nitrogen and oxygen atoms in total. The molecule has 0 fully saturated rings. The molecule has 0 aromatic carbocycles. The third-order valence-electron chi connectivity index (χ3n) is 2.43. The van der Waals surface area contributed by atoms with Gasteiger partial charge in [0.05, 0.1) is 0 Å². The lowest BCUT2D eigenvalue weighted by Gasteiger charge is -2.01. The minimum Gasteiger partial charge on any atom is -0.354 e. The topological polar surface area (TPSA) is 22.0 Å². The van der Waals surface area contributed by atoms with Crippen molar-refractivity contribution in [1.82, 2.24) is 4.57 Å². The van der Waals surface area contributed by atoms with Crippen molar-refractivity contribution in [3.63, 3.8) is 0 Å². The van der Waals surface area contributed by atoms with E-state index in [4.69, 9.17) is 0 Å². The van der Waals surface area contributed by atoms with Gasteiger partial charge < -0.3 is 4.57 Å². The Bertz CT molecular complexity index is 265. The maximum atomic E-state index is 10.4. The molecular weight excluding hydrogens is 174 g/mol. The van der Waals surface area contributed by atoms with Crippen LogP contribution in [0.5, 0.6) is 0 Å². The number of aryl methyl sites for hydroxylation is 1. The predicted molar refractivity (Wildman–Crippen MR) is 58.6 cm³/mol. The number of aldehydes is 1. The van der Waals surface area contributed by atoms with E-state index in [-0.39, 0.29) is 0 Å². The zero-order valence-corrected chi connectivity index (χ0v) is 8.91. The summed E-state index contributed by atoms with van der Waals surface area (Å²) in [5.74, 6) is 0. The highest BCUT2D eigenvalue weighted by molar-refractivity contribution is 5.74. The molecule has 78 valence electrons. The Morgan fingerprint density at radius 1 is 1.29 bits per heavy atom. The molecule has 1 heterocycles. The second-order valence-electron chi connectivity index (χ2n) is 3.71. The van der Waals surface area contributed by atoms with Gasteiger partial charge in [0.15, 0.2) is 6.29 Å². The summed E-state index contributed by atoms with van der Waals surface area (Å²) in [5.41, 5.74) is 0.776. The van der Waals surface area contributed by atoms with E-state index in [1.165, 1.54) is 32.1 Å². The number of rotatable bonds is 7. The lowest BCUT2D eigenvalue weighted by Crippen LogP contribution is -1.94. The third-order valence-corrected chi connectivity index (χ3v) is 2.43. The third kappa shape index (κ3) is 3.77. The molecule has 0 radical (unpaired) electrons. The first-order valence-electron chi connectivity index (χ1n) is 5.47. The number of aromatic nitrogens is 1. The first-order chi connectivity index (χ1) is 6.86. The van der Waals surface area contributed by atoms with Crippen LogP contribution in [0.1, 0.15) is 49.4 Å². The Morgan fingerprint density at radius 3 is 2.71 bits per heavy atom. The van der Waals surface area contributed by atoms with Gasteiger partial charge in [0, 0.05) is 24.5 Å². The summed E-state index contributed by atoms with van der Waals surface area (Å²) >= 11 is 0. The van der Waals surface area contributed by atoms with Crippen LogP contribution in [0.3, 0.4) is 0 Å². The van der Waals surface area contributed by atoms with Gasteiger partial charge in [-0.25, -0.2) is 0 Å². The molecular formula is C12H19NO. The average molecular weight is 193 g/mol. The van der Waals surface area contributed by atoms with E-state index in [0.29, 0.717) is 0 Å². The molecule has 0 spiro atoms. The van der Waals surface area contributed by atoms with Crippen molar-refractivity contribution in [3.8, 4) is 0 Å². The van der Waals surface area contributed by atoms with Crippen LogP contribution in [0.15, 0.2) is 18.5 Å². The van der Waals surface area contributed by atoms with E-state index in [9.17, 15) is 4.79 Å². The van der Waals surface area contributed by atoms with Gasteiger partial charge in [0.2, 0.25) is 0 Å². The number of carbonyl (C=O) groups excluding carboxylic acids is 1. The van der Waals surface area contributed by atoms with Crippen LogP contribution in [0.4, 0.5) is 0 Å². The van der Waals surface area contributed by atoms with Crippen molar-refractivity contribution in [1.29, 1.82) is 0 Å². The van der Waals surface area contributed by atoms with Crippen molar-refractivity contribution in [2.24, 2.45) is 0 Å². The number of hydrogen-bond donors (Lipinski definition) is 0. The maximum absolute atomic E-state index is 10.4. The van der Waals surface area contributed by atoms with Crippen molar-refractivity contribution in [2.45, 2.75) is 45.6 Å². The van der Waals surface area contributed by atoms with Gasteiger partial charge in [-0.15, -0.1) is 0 Å². The molecule has 0 N–H and O–H groups in total. The van der Waals surface area contributed by atoms with Gasteiger partial charge >= 0.3 is 0 Å². The molecule has 0 aliphatic rings. The molecule has 0 aliphatic heterocycles. The van der Waals surface area contributed by atoms with Crippen LogP contribution < -0.4 is 0 Å². The fraction of sp³-hybridized carbons (Fsp3) is 0.583. The van der Waals surface area contributed by atoms with Crippen molar-refractivity contribution < 1.29 is 4.79 Å². The minimum atomic E-state index is 0.776. The summed E-state index contributed by atoms with van der Waals surface area (Å²) in [7, 11) is 0. The number of unbranched alkanes of at least 4 members (excludes halogenated alkanes) is 4. The molecule has 1 aromatic heterocycles.